The molecule has 110 valence electrons. The topological polar surface area (TPSA) is 93.5 Å². The van der Waals surface area contributed by atoms with Crippen molar-refractivity contribution in [2.24, 2.45) is 7.05 Å². The van der Waals surface area contributed by atoms with Gasteiger partial charge in [-0.2, -0.15) is 5.10 Å². The van der Waals surface area contributed by atoms with Crippen LogP contribution >= 0.6 is 22.6 Å². The molecule has 0 aliphatic heterocycles. The van der Waals surface area contributed by atoms with Crippen LogP contribution in [-0.4, -0.2) is 26.9 Å². The fraction of sp³-hybridized carbons (Fsp3) is 0.154. The van der Waals surface area contributed by atoms with Crippen molar-refractivity contribution in [3.05, 3.63) is 45.2 Å². The lowest BCUT2D eigenvalue weighted by Gasteiger charge is -2.05. The summed E-state index contributed by atoms with van der Waals surface area (Å²) in [5.41, 5.74) is 0.864. The number of carboxylic acid groups (broad SMARTS) is 1. The molecule has 1 amide bonds. The van der Waals surface area contributed by atoms with Gasteiger partial charge in [-0.15, -0.1) is 0 Å². The van der Waals surface area contributed by atoms with Crippen LogP contribution in [0.5, 0.6) is 0 Å². The Morgan fingerprint density at radius 2 is 2.05 bits per heavy atom. The number of aromatic carboxylic acids is 1. The first-order chi connectivity index (χ1) is 9.99. The van der Waals surface area contributed by atoms with Crippen LogP contribution in [0, 0.1) is 3.57 Å². The van der Waals surface area contributed by atoms with Crippen molar-refractivity contribution in [1.82, 2.24) is 9.78 Å². The highest BCUT2D eigenvalue weighted by atomic mass is 127. The number of rotatable bonds is 4. The molecule has 1 aromatic heterocycles. The summed E-state index contributed by atoms with van der Waals surface area (Å²) in [5.74, 6) is -0.950. The largest absolute Gasteiger partial charge is 0.476 e. The number of benzene rings is 1. The molecule has 21 heavy (non-hydrogen) atoms. The van der Waals surface area contributed by atoms with Gasteiger partial charge >= 0.3 is 12.1 Å². The highest BCUT2D eigenvalue weighted by molar-refractivity contribution is 14.1. The summed E-state index contributed by atoms with van der Waals surface area (Å²) in [6.07, 6.45) is -0.688. The van der Waals surface area contributed by atoms with E-state index in [2.05, 4.69) is 10.4 Å². The number of ether oxygens (including phenoxy) is 1. The van der Waals surface area contributed by atoms with Gasteiger partial charge in [0.05, 0.1) is 3.57 Å². The summed E-state index contributed by atoms with van der Waals surface area (Å²) >= 11 is 1.82. The molecule has 8 heteroatoms. The van der Waals surface area contributed by atoms with Crippen molar-refractivity contribution in [2.45, 2.75) is 6.61 Å². The summed E-state index contributed by atoms with van der Waals surface area (Å²) in [7, 11) is 1.49. The van der Waals surface area contributed by atoms with Gasteiger partial charge in [0.15, 0.2) is 11.5 Å². The first-order valence-corrected chi connectivity index (χ1v) is 7.00. The van der Waals surface area contributed by atoms with Crippen LogP contribution in [0.15, 0.2) is 30.3 Å². The molecule has 2 N–H and O–H groups in total. The summed E-state index contributed by atoms with van der Waals surface area (Å²) in [5, 5.41) is 15.4. The van der Waals surface area contributed by atoms with E-state index in [-0.39, 0.29) is 18.1 Å². The van der Waals surface area contributed by atoms with Crippen molar-refractivity contribution < 1.29 is 19.4 Å². The quantitative estimate of drug-likeness (QED) is 0.768. The predicted molar refractivity (Wildman–Crippen MR) is 83.1 cm³/mol. The number of anilines is 1. The number of hydrogen-bond acceptors (Lipinski definition) is 4. The molecule has 2 aromatic rings. The minimum absolute atomic E-state index is 0.00830. The molecule has 0 fully saturated rings. The fourth-order valence-electron chi connectivity index (χ4n) is 1.67. The Kier molecular flexibility index (Phi) is 4.78. The van der Waals surface area contributed by atoms with E-state index < -0.39 is 12.1 Å². The molecular formula is C13H12IN3O4. The lowest BCUT2D eigenvalue weighted by molar-refractivity contribution is 0.0683. The number of hydrogen-bond donors (Lipinski definition) is 2. The molecule has 0 unspecified atom stereocenters. The number of carbonyl (C=O) groups excluding carboxylic acids is 1. The molecule has 7 nitrogen and oxygen atoms in total. The van der Waals surface area contributed by atoms with E-state index in [1.165, 1.54) is 11.7 Å². The first-order valence-electron chi connectivity index (χ1n) is 5.92. The summed E-state index contributed by atoms with van der Waals surface area (Å²) < 4.78 is 6.58. The van der Waals surface area contributed by atoms with Gasteiger partial charge in [0, 0.05) is 7.05 Å². The molecule has 0 spiro atoms. The number of aromatic nitrogens is 2. The number of nitrogens with zero attached hydrogens (tertiary/aromatic N) is 2. The van der Waals surface area contributed by atoms with Gasteiger partial charge in [-0.1, -0.05) is 30.3 Å². The minimum Gasteiger partial charge on any atom is -0.476 e. The first kappa shape index (κ1) is 15.3. The van der Waals surface area contributed by atoms with E-state index in [1.807, 2.05) is 52.9 Å². The van der Waals surface area contributed by atoms with E-state index in [4.69, 9.17) is 9.84 Å². The smallest absolute Gasteiger partial charge is 0.413 e. The third-order valence-corrected chi connectivity index (χ3v) is 3.65. The Labute approximate surface area is 134 Å². The number of aryl methyl sites for hydroxylation is 1. The molecule has 0 saturated heterocycles. The molecule has 0 aliphatic carbocycles. The predicted octanol–water partition coefficient (Wildman–Crippen LogP) is 2.47. The molecule has 0 saturated carbocycles. The Morgan fingerprint density at radius 1 is 1.38 bits per heavy atom. The van der Waals surface area contributed by atoms with Crippen molar-refractivity contribution >= 4 is 40.5 Å². The van der Waals surface area contributed by atoms with E-state index in [1.54, 1.807) is 0 Å². The number of nitrogens with one attached hydrogen (secondary N) is 1. The van der Waals surface area contributed by atoms with E-state index in [9.17, 15) is 9.59 Å². The van der Waals surface area contributed by atoms with Crippen molar-refractivity contribution in [3.8, 4) is 0 Å². The molecule has 0 bridgehead atoms. The number of carboxylic acids is 1. The molecule has 0 atom stereocenters. The van der Waals surface area contributed by atoms with Gasteiger partial charge in [0.2, 0.25) is 0 Å². The van der Waals surface area contributed by atoms with Crippen molar-refractivity contribution in [2.75, 3.05) is 5.32 Å². The molecule has 2 rings (SSSR count). The second kappa shape index (κ2) is 6.57. The zero-order chi connectivity index (χ0) is 15.4. The van der Waals surface area contributed by atoms with E-state index in [0.29, 0.717) is 3.57 Å². The second-order valence-electron chi connectivity index (χ2n) is 4.13. The number of carbonyl (C=O) groups is 2. The average Bonchev–Trinajstić information content (AvgIpc) is 2.72. The van der Waals surface area contributed by atoms with Crippen LogP contribution < -0.4 is 5.32 Å². The standard InChI is InChI=1S/C13H12IN3O4/c1-17-10(12(18)19)9(14)11(16-17)15-13(20)21-7-8-5-3-2-4-6-8/h2-6H,7H2,1H3,(H,18,19)(H,15,16,20). The normalized spacial score (nSPS) is 10.2. The van der Waals surface area contributed by atoms with Crippen LogP contribution in [0.25, 0.3) is 0 Å². The van der Waals surface area contributed by atoms with Gasteiger partial charge in [-0.25, -0.2) is 9.59 Å². The Hall–Kier alpha value is -2.10. The lowest BCUT2D eigenvalue weighted by Crippen LogP contribution is -2.14. The summed E-state index contributed by atoms with van der Waals surface area (Å²) in [6.45, 7) is 0.127. The Balaban J connectivity index is 2.00. The number of amides is 1. The third-order valence-electron chi connectivity index (χ3n) is 2.63. The summed E-state index contributed by atoms with van der Waals surface area (Å²) in [6, 6.07) is 9.22. The van der Waals surface area contributed by atoms with Gasteiger partial charge in [-0.05, 0) is 28.2 Å². The van der Waals surface area contributed by atoms with Gasteiger partial charge in [0.25, 0.3) is 0 Å². The van der Waals surface area contributed by atoms with Gasteiger partial charge in [-0.3, -0.25) is 10.00 Å². The van der Waals surface area contributed by atoms with E-state index in [0.717, 1.165) is 5.56 Å². The molecular weight excluding hydrogens is 389 g/mol. The zero-order valence-corrected chi connectivity index (χ0v) is 13.2. The van der Waals surface area contributed by atoms with Gasteiger partial charge in [0.1, 0.15) is 6.61 Å². The SMILES string of the molecule is Cn1nc(NC(=O)OCc2ccccc2)c(I)c1C(=O)O. The minimum atomic E-state index is -1.11. The Bertz CT molecular complexity index is 670. The van der Waals surface area contributed by atoms with E-state index >= 15 is 0 Å². The molecule has 1 heterocycles. The highest BCUT2D eigenvalue weighted by Crippen LogP contribution is 2.21. The van der Waals surface area contributed by atoms with Crippen LogP contribution in [0.4, 0.5) is 10.6 Å². The van der Waals surface area contributed by atoms with Crippen molar-refractivity contribution in [3.63, 3.8) is 0 Å². The number of halogens is 1. The summed E-state index contributed by atoms with van der Waals surface area (Å²) in [4.78, 5) is 22.7. The maximum atomic E-state index is 11.7. The van der Waals surface area contributed by atoms with Crippen LogP contribution in [0.2, 0.25) is 0 Å². The maximum absolute atomic E-state index is 11.7. The highest BCUT2D eigenvalue weighted by Gasteiger charge is 2.21. The van der Waals surface area contributed by atoms with Crippen LogP contribution in [0.1, 0.15) is 16.1 Å². The maximum Gasteiger partial charge on any atom is 0.413 e. The Morgan fingerprint density at radius 3 is 2.62 bits per heavy atom. The fourth-order valence-corrected chi connectivity index (χ4v) is 2.49. The second-order valence-corrected chi connectivity index (χ2v) is 5.21. The monoisotopic (exact) mass is 401 g/mol. The van der Waals surface area contributed by atoms with Crippen LogP contribution in [0.3, 0.4) is 0 Å². The van der Waals surface area contributed by atoms with Crippen LogP contribution in [-0.2, 0) is 18.4 Å². The van der Waals surface area contributed by atoms with Gasteiger partial charge < -0.3 is 9.84 Å². The third kappa shape index (κ3) is 3.72. The molecule has 1 aromatic carbocycles. The average molecular weight is 401 g/mol. The molecule has 0 aliphatic rings. The molecule has 0 radical (unpaired) electrons. The lowest BCUT2D eigenvalue weighted by atomic mass is 10.2. The zero-order valence-electron chi connectivity index (χ0n) is 11.0. The van der Waals surface area contributed by atoms with Crippen molar-refractivity contribution in [1.29, 1.82) is 0 Å².